The zero-order valence-corrected chi connectivity index (χ0v) is 22.4. The molecule has 1 aromatic heterocycles. The van der Waals surface area contributed by atoms with Gasteiger partial charge in [0.1, 0.15) is 18.2 Å². The number of nitrogens with zero attached hydrogens (tertiary/aromatic N) is 2. The highest BCUT2D eigenvalue weighted by atomic mass is 19.1. The summed E-state index contributed by atoms with van der Waals surface area (Å²) in [5.74, 6) is 2.23. The predicted molar refractivity (Wildman–Crippen MR) is 144 cm³/mol. The third-order valence-corrected chi connectivity index (χ3v) is 7.30. The molecule has 0 spiro atoms. The van der Waals surface area contributed by atoms with Crippen LogP contribution in [0.15, 0.2) is 54.7 Å². The van der Waals surface area contributed by atoms with Crippen LogP contribution in [-0.2, 0) is 13.2 Å². The number of halogens is 1. The van der Waals surface area contributed by atoms with Crippen molar-refractivity contribution in [3.05, 3.63) is 77.2 Å². The van der Waals surface area contributed by atoms with Crippen LogP contribution in [0.4, 0.5) is 4.39 Å². The molecule has 1 heterocycles. The summed E-state index contributed by atoms with van der Waals surface area (Å²) in [6, 6.07) is 17.0. The van der Waals surface area contributed by atoms with Crippen LogP contribution in [-0.4, -0.2) is 29.1 Å². The van der Waals surface area contributed by atoms with Crippen molar-refractivity contribution >= 4 is 0 Å². The molecule has 4 rings (SSSR count). The second-order valence-electron chi connectivity index (χ2n) is 10.5. The summed E-state index contributed by atoms with van der Waals surface area (Å²) < 4.78 is 26.4. The zero-order valence-electron chi connectivity index (χ0n) is 22.4. The average Bonchev–Trinajstić information content (AvgIpc) is 3.71. The molecular formula is C31H39FN2O2. The Morgan fingerprint density at radius 3 is 2.39 bits per heavy atom. The molecule has 1 unspecified atom stereocenters. The molecule has 36 heavy (non-hydrogen) atoms. The van der Waals surface area contributed by atoms with E-state index in [1.165, 1.54) is 30.2 Å². The fraction of sp³-hybridized carbons (Fsp3) is 0.452. The highest BCUT2D eigenvalue weighted by Gasteiger charge is 2.28. The van der Waals surface area contributed by atoms with Crippen LogP contribution in [0.25, 0.3) is 11.1 Å². The van der Waals surface area contributed by atoms with Gasteiger partial charge < -0.3 is 9.47 Å². The fourth-order valence-electron chi connectivity index (χ4n) is 4.95. The van der Waals surface area contributed by atoms with Gasteiger partial charge >= 0.3 is 0 Å². The normalized spacial score (nSPS) is 14.5. The average molecular weight is 491 g/mol. The second kappa shape index (κ2) is 11.4. The van der Waals surface area contributed by atoms with E-state index in [-0.39, 0.29) is 5.82 Å². The minimum atomic E-state index is -0.368. The summed E-state index contributed by atoms with van der Waals surface area (Å²) >= 11 is 0. The van der Waals surface area contributed by atoms with Gasteiger partial charge in [0.25, 0.3) is 0 Å². The predicted octanol–water partition coefficient (Wildman–Crippen LogP) is 7.61. The van der Waals surface area contributed by atoms with E-state index in [2.05, 4.69) is 74.8 Å². The first-order valence-corrected chi connectivity index (χ1v) is 13.1. The van der Waals surface area contributed by atoms with Crippen molar-refractivity contribution in [3.8, 4) is 22.8 Å². The Labute approximate surface area is 215 Å². The van der Waals surface area contributed by atoms with Crippen LogP contribution in [0.3, 0.4) is 0 Å². The van der Waals surface area contributed by atoms with Crippen LogP contribution >= 0.6 is 0 Å². The van der Waals surface area contributed by atoms with Crippen LogP contribution in [0.1, 0.15) is 70.1 Å². The lowest BCUT2D eigenvalue weighted by atomic mass is 9.95. The van der Waals surface area contributed by atoms with Gasteiger partial charge in [-0.1, -0.05) is 37.3 Å². The van der Waals surface area contributed by atoms with Crippen LogP contribution < -0.4 is 9.47 Å². The summed E-state index contributed by atoms with van der Waals surface area (Å²) in [5.41, 5.74) is 4.88. The first kappa shape index (κ1) is 26.2. The van der Waals surface area contributed by atoms with Crippen molar-refractivity contribution < 1.29 is 13.9 Å². The lowest BCUT2D eigenvalue weighted by Gasteiger charge is -2.31. The van der Waals surface area contributed by atoms with Crippen molar-refractivity contribution in [2.24, 2.45) is 5.92 Å². The number of methoxy groups -OCH3 is 1. The standard InChI is InChI=1S/C31H39FN2O2/c1-20(2)34(21(3)4)18-26-15-27(12-13-28(26)29-16-31(35-6)33-17-30(29)32)36-19-23-8-7-9-25(14-23)22(5)24-10-11-24/h7-9,12-17,20-22,24H,10-11,18-19H2,1-6H3. The van der Waals surface area contributed by atoms with Crippen molar-refractivity contribution in [2.45, 2.75) is 78.6 Å². The number of hydrogen-bond acceptors (Lipinski definition) is 4. The maximum absolute atomic E-state index is 14.9. The fourth-order valence-corrected chi connectivity index (χ4v) is 4.95. The Balaban J connectivity index is 1.62. The minimum absolute atomic E-state index is 0.343. The largest absolute Gasteiger partial charge is 0.489 e. The molecule has 0 aliphatic heterocycles. The van der Waals surface area contributed by atoms with E-state index in [1.807, 2.05) is 12.1 Å². The van der Waals surface area contributed by atoms with Gasteiger partial charge in [-0.3, -0.25) is 4.90 Å². The molecule has 4 nitrogen and oxygen atoms in total. The summed E-state index contributed by atoms with van der Waals surface area (Å²) in [4.78, 5) is 6.40. The Morgan fingerprint density at radius 1 is 0.972 bits per heavy atom. The molecule has 0 amide bonds. The van der Waals surface area contributed by atoms with Crippen molar-refractivity contribution in [1.29, 1.82) is 0 Å². The van der Waals surface area contributed by atoms with Gasteiger partial charge in [-0.25, -0.2) is 9.37 Å². The molecule has 1 aliphatic carbocycles. The molecule has 1 aliphatic rings. The Morgan fingerprint density at radius 2 is 1.72 bits per heavy atom. The third-order valence-electron chi connectivity index (χ3n) is 7.30. The molecule has 2 aromatic carbocycles. The molecule has 0 N–H and O–H groups in total. The molecule has 1 saturated carbocycles. The molecule has 0 bridgehead atoms. The number of ether oxygens (including phenoxy) is 2. The number of pyridine rings is 1. The monoisotopic (exact) mass is 490 g/mol. The quantitative estimate of drug-likeness (QED) is 0.277. The smallest absolute Gasteiger partial charge is 0.213 e. The van der Waals surface area contributed by atoms with Gasteiger partial charge in [-0.05, 0) is 86.8 Å². The van der Waals surface area contributed by atoms with E-state index in [0.29, 0.717) is 42.6 Å². The highest BCUT2D eigenvalue weighted by molar-refractivity contribution is 5.69. The third kappa shape index (κ3) is 6.25. The lowest BCUT2D eigenvalue weighted by Crippen LogP contribution is -2.36. The minimum Gasteiger partial charge on any atom is -0.489 e. The van der Waals surface area contributed by atoms with Gasteiger partial charge in [-0.15, -0.1) is 0 Å². The van der Waals surface area contributed by atoms with E-state index in [1.54, 1.807) is 13.2 Å². The van der Waals surface area contributed by atoms with E-state index in [0.717, 1.165) is 22.8 Å². The summed E-state index contributed by atoms with van der Waals surface area (Å²) in [6.45, 7) is 12.2. The molecule has 0 saturated heterocycles. The van der Waals surface area contributed by atoms with E-state index < -0.39 is 0 Å². The van der Waals surface area contributed by atoms with Gasteiger partial charge in [0.05, 0.1) is 13.3 Å². The van der Waals surface area contributed by atoms with Crippen LogP contribution in [0, 0.1) is 11.7 Å². The maximum atomic E-state index is 14.9. The lowest BCUT2D eigenvalue weighted by molar-refractivity contribution is 0.166. The van der Waals surface area contributed by atoms with E-state index >= 15 is 0 Å². The van der Waals surface area contributed by atoms with E-state index in [4.69, 9.17) is 9.47 Å². The zero-order chi connectivity index (χ0) is 25.8. The van der Waals surface area contributed by atoms with Crippen LogP contribution in [0.2, 0.25) is 0 Å². The molecule has 1 atom stereocenters. The number of benzene rings is 2. The van der Waals surface area contributed by atoms with Crippen molar-refractivity contribution in [2.75, 3.05) is 7.11 Å². The summed E-state index contributed by atoms with van der Waals surface area (Å²) in [6.07, 6.45) is 3.90. The van der Waals surface area contributed by atoms with Crippen molar-refractivity contribution in [1.82, 2.24) is 9.88 Å². The molecule has 1 fully saturated rings. The van der Waals surface area contributed by atoms with Gasteiger partial charge in [0, 0.05) is 30.3 Å². The van der Waals surface area contributed by atoms with Crippen LogP contribution in [0.5, 0.6) is 11.6 Å². The Bertz CT molecular complexity index is 1160. The maximum Gasteiger partial charge on any atom is 0.213 e. The van der Waals surface area contributed by atoms with E-state index in [9.17, 15) is 4.39 Å². The Hall–Kier alpha value is -2.92. The first-order chi connectivity index (χ1) is 17.3. The molecule has 5 heteroatoms. The second-order valence-corrected chi connectivity index (χ2v) is 10.5. The number of rotatable bonds is 11. The van der Waals surface area contributed by atoms with Crippen molar-refractivity contribution in [3.63, 3.8) is 0 Å². The molecule has 192 valence electrons. The Kier molecular flexibility index (Phi) is 8.30. The SMILES string of the molecule is COc1cc(-c2ccc(OCc3cccc(C(C)C4CC4)c3)cc2CN(C(C)C)C(C)C)c(F)cn1. The summed E-state index contributed by atoms with van der Waals surface area (Å²) in [7, 11) is 1.54. The highest BCUT2D eigenvalue weighted by Crippen LogP contribution is 2.42. The van der Waals surface area contributed by atoms with Gasteiger partial charge in [0.15, 0.2) is 0 Å². The van der Waals surface area contributed by atoms with Gasteiger partial charge in [-0.2, -0.15) is 0 Å². The number of hydrogen-bond donors (Lipinski definition) is 0. The molecule has 3 aromatic rings. The topological polar surface area (TPSA) is 34.6 Å². The molecular weight excluding hydrogens is 451 g/mol. The first-order valence-electron chi connectivity index (χ1n) is 13.1. The summed E-state index contributed by atoms with van der Waals surface area (Å²) in [5, 5.41) is 0. The molecule has 0 radical (unpaired) electrons. The number of aromatic nitrogens is 1. The van der Waals surface area contributed by atoms with Gasteiger partial charge in [0.2, 0.25) is 5.88 Å².